The van der Waals surface area contributed by atoms with Crippen molar-refractivity contribution in [2.45, 2.75) is 6.42 Å². The summed E-state index contributed by atoms with van der Waals surface area (Å²) in [5.41, 5.74) is 5.42. The Hall–Kier alpha value is -1.46. The topological polar surface area (TPSA) is 64.3 Å². The van der Waals surface area contributed by atoms with Gasteiger partial charge in [-0.3, -0.25) is 4.79 Å². The molecular weight excluding hydrogens is 211 g/mol. The molecule has 1 aromatic rings. The summed E-state index contributed by atoms with van der Waals surface area (Å²) >= 11 is 0. The second kappa shape index (κ2) is 6.92. The van der Waals surface area contributed by atoms with Crippen LogP contribution >= 0.6 is 0 Å². The van der Waals surface area contributed by atoms with E-state index in [4.69, 9.17) is 10.5 Å². The summed E-state index contributed by atoms with van der Waals surface area (Å²) in [6, 6.07) is 5.98. The van der Waals surface area contributed by atoms with Crippen molar-refractivity contribution in [2.75, 3.05) is 25.1 Å². The lowest BCUT2D eigenvalue weighted by Gasteiger charge is -2.06. The lowest BCUT2D eigenvalue weighted by Crippen LogP contribution is -2.19. The molecule has 1 rings (SSSR count). The van der Waals surface area contributed by atoms with Crippen molar-refractivity contribution in [2.24, 2.45) is 5.73 Å². The molecule has 1 amide bonds. The van der Waals surface area contributed by atoms with Crippen LogP contribution in [-0.4, -0.2) is 25.7 Å². The molecule has 0 aliphatic carbocycles. The van der Waals surface area contributed by atoms with Crippen molar-refractivity contribution in [3.63, 3.8) is 0 Å². The Morgan fingerprint density at radius 2 is 2.19 bits per heavy atom. The minimum atomic E-state index is -0.460. The third-order valence-corrected chi connectivity index (χ3v) is 1.87. The number of nitrogens with one attached hydrogen (secondary N) is 1. The van der Waals surface area contributed by atoms with Crippen molar-refractivity contribution in [1.82, 2.24) is 0 Å². The van der Waals surface area contributed by atoms with Gasteiger partial charge in [0.25, 0.3) is 0 Å². The molecule has 0 bridgehead atoms. The van der Waals surface area contributed by atoms with E-state index in [2.05, 4.69) is 5.32 Å². The fourth-order valence-electron chi connectivity index (χ4n) is 1.10. The Kier molecular flexibility index (Phi) is 5.45. The minimum Gasteiger partial charge on any atom is -0.372 e. The van der Waals surface area contributed by atoms with Crippen LogP contribution in [0.25, 0.3) is 0 Å². The third-order valence-electron chi connectivity index (χ3n) is 1.87. The average Bonchev–Trinajstić information content (AvgIpc) is 2.28. The first-order valence-electron chi connectivity index (χ1n) is 5.06. The van der Waals surface area contributed by atoms with Gasteiger partial charge >= 0.3 is 0 Å². The van der Waals surface area contributed by atoms with E-state index < -0.39 is 5.82 Å². The summed E-state index contributed by atoms with van der Waals surface area (Å²) in [4.78, 5) is 11.3. The molecule has 5 heteroatoms. The highest BCUT2D eigenvalue weighted by Crippen LogP contribution is 2.11. The van der Waals surface area contributed by atoms with Gasteiger partial charge in [-0.1, -0.05) is 12.1 Å². The highest BCUT2D eigenvalue weighted by atomic mass is 19.1. The Labute approximate surface area is 93.6 Å². The van der Waals surface area contributed by atoms with E-state index in [1.807, 2.05) is 0 Å². The quantitative estimate of drug-likeness (QED) is 0.715. The second-order valence-corrected chi connectivity index (χ2v) is 3.22. The standard InChI is InChI=1S/C11H15FN2O2/c12-9-4-1-2-5-10(9)14-11(15)8-16-7-3-6-13/h1-2,4-5H,3,6-8,13H2,(H,14,15). The van der Waals surface area contributed by atoms with Gasteiger partial charge < -0.3 is 15.8 Å². The maximum Gasteiger partial charge on any atom is 0.250 e. The van der Waals surface area contributed by atoms with Gasteiger partial charge in [0.15, 0.2) is 0 Å². The first-order chi connectivity index (χ1) is 7.74. The number of rotatable bonds is 6. The van der Waals surface area contributed by atoms with Crippen LogP contribution in [0.15, 0.2) is 24.3 Å². The zero-order chi connectivity index (χ0) is 11.8. The summed E-state index contributed by atoms with van der Waals surface area (Å²) < 4.78 is 18.2. The fourth-order valence-corrected chi connectivity index (χ4v) is 1.10. The Balaban J connectivity index is 2.32. The number of carbonyl (C=O) groups excluding carboxylic acids is 1. The van der Waals surface area contributed by atoms with Crippen LogP contribution in [0.1, 0.15) is 6.42 Å². The summed E-state index contributed by atoms with van der Waals surface area (Å²) in [6.45, 7) is 0.866. The van der Waals surface area contributed by atoms with E-state index in [1.54, 1.807) is 12.1 Å². The van der Waals surface area contributed by atoms with Crippen LogP contribution in [0, 0.1) is 5.82 Å². The highest BCUT2D eigenvalue weighted by molar-refractivity contribution is 5.91. The smallest absolute Gasteiger partial charge is 0.250 e. The normalized spacial score (nSPS) is 10.1. The minimum absolute atomic E-state index is 0.0890. The molecule has 0 heterocycles. The Bertz CT molecular complexity index is 345. The molecule has 1 aromatic carbocycles. The zero-order valence-corrected chi connectivity index (χ0v) is 8.91. The van der Waals surface area contributed by atoms with Crippen molar-refractivity contribution in [1.29, 1.82) is 0 Å². The molecule has 3 N–H and O–H groups in total. The molecule has 0 saturated carbocycles. The number of hydrogen-bond donors (Lipinski definition) is 2. The molecule has 0 unspecified atom stereocenters. The summed E-state index contributed by atoms with van der Waals surface area (Å²) in [5.74, 6) is -0.833. The number of hydrogen-bond acceptors (Lipinski definition) is 3. The number of ether oxygens (including phenoxy) is 1. The monoisotopic (exact) mass is 226 g/mol. The lowest BCUT2D eigenvalue weighted by molar-refractivity contribution is -0.120. The maximum atomic E-state index is 13.1. The molecule has 0 fully saturated rings. The van der Waals surface area contributed by atoms with Gasteiger partial charge in [0.05, 0.1) is 5.69 Å². The first kappa shape index (κ1) is 12.6. The van der Waals surface area contributed by atoms with E-state index in [1.165, 1.54) is 12.1 Å². The molecule has 88 valence electrons. The van der Waals surface area contributed by atoms with Crippen molar-refractivity contribution in [3.8, 4) is 0 Å². The van der Waals surface area contributed by atoms with Gasteiger partial charge in [-0.25, -0.2) is 4.39 Å². The number of halogens is 1. The van der Waals surface area contributed by atoms with E-state index >= 15 is 0 Å². The maximum absolute atomic E-state index is 13.1. The molecule has 0 atom stereocenters. The van der Waals surface area contributed by atoms with E-state index in [0.717, 1.165) is 0 Å². The number of benzene rings is 1. The van der Waals surface area contributed by atoms with Crippen LogP contribution in [0.4, 0.5) is 10.1 Å². The molecule has 16 heavy (non-hydrogen) atoms. The Morgan fingerprint density at radius 1 is 1.44 bits per heavy atom. The molecule has 0 aliphatic rings. The largest absolute Gasteiger partial charge is 0.372 e. The predicted molar refractivity (Wildman–Crippen MR) is 59.5 cm³/mol. The van der Waals surface area contributed by atoms with E-state index in [-0.39, 0.29) is 18.2 Å². The number of nitrogens with two attached hydrogens (primary N) is 1. The van der Waals surface area contributed by atoms with Crippen LogP contribution in [0.2, 0.25) is 0 Å². The first-order valence-corrected chi connectivity index (χ1v) is 5.06. The summed E-state index contributed by atoms with van der Waals surface area (Å²) in [7, 11) is 0. The summed E-state index contributed by atoms with van der Waals surface area (Å²) in [6.07, 6.45) is 0.701. The van der Waals surface area contributed by atoms with Gasteiger partial charge in [0.2, 0.25) is 5.91 Å². The van der Waals surface area contributed by atoms with E-state index in [9.17, 15) is 9.18 Å². The van der Waals surface area contributed by atoms with Crippen LogP contribution in [-0.2, 0) is 9.53 Å². The van der Waals surface area contributed by atoms with Gasteiger partial charge in [0.1, 0.15) is 12.4 Å². The molecular formula is C11H15FN2O2. The number of para-hydroxylation sites is 1. The van der Waals surface area contributed by atoms with Gasteiger partial charge in [0, 0.05) is 6.61 Å². The lowest BCUT2D eigenvalue weighted by atomic mass is 10.3. The summed E-state index contributed by atoms with van der Waals surface area (Å²) in [5, 5.41) is 2.42. The molecule has 0 aromatic heterocycles. The molecule has 0 aliphatic heterocycles. The molecule has 0 spiro atoms. The number of amides is 1. The molecule has 4 nitrogen and oxygen atoms in total. The molecule has 0 radical (unpaired) electrons. The number of anilines is 1. The predicted octanol–water partition coefficient (Wildman–Crippen LogP) is 1.13. The zero-order valence-electron chi connectivity index (χ0n) is 8.91. The SMILES string of the molecule is NCCCOCC(=O)Nc1ccccc1F. The van der Waals surface area contributed by atoms with Crippen LogP contribution < -0.4 is 11.1 Å². The Morgan fingerprint density at radius 3 is 2.88 bits per heavy atom. The van der Waals surface area contributed by atoms with Crippen molar-refractivity contribution < 1.29 is 13.9 Å². The highest BCUT2D eigenvalue weighted by Gasteiger charge is 2.05. The van der Waals surface area contributed by atoms with Gasteiger partial charge in [-0.2, -0.15) is 0 Å². The van der Waals surface area contributed by atoms with Crippen LogP contribution in [0.3, 0.4) is 0 Å². The fraction of sp³-hybridized carbons (Fsp3) is 0.364. The number of carbonyl (C=O) groups is 1. The van der Waals surface area contributed by atoms with Gasteiger partial charge in [-0.05, 0) is 25.1 Å². The van der Waals surface area contributed by atoms with Crippen molar-refractivity contribution in [3.05, 3.63) is 30.1 Å². The molecule has 0 saturated heterocycles. The van der Waals surface area contributed by atoms with Gasteiger partial charge in [-0.15, -0.1) is 0 Å². The second-order valence-electron chi connectivity index (χ2n) is 3.22. The average molecular weight is 226 g/mol. The van der Waals surface area contributed by atoms with Crippen molar-refractivity contribution >= 4 is 11.6 Å². The third kappa shape index (κ3) is 4.37. The van der Waals surface area contributed by atoms with E-state index in [0.29, 0.717) is 19.6 Å². The van der Waals surface area contributed by atoms with Crippen LogP contribution in [0.5, 0.6) is 0 Å².